The summed E-state index contributed by atoms with van der Waals surface area (Å²) in [5, 5.41) is 19.3. The molecule has 308 valence electrons. The number of nitrogens with zero attached hydrogens (tertiary/aromatic N) is 1. The van der Waals surface area contributed by atoms with E-state index in [9.17, 15) is 5.11 Å². The molecule has 1 N–H and O–H groups in total. The number of aryl methyl sites for hydroxylation is 1. The predicted molar refractivity (Wildman–Crippen MR) is 273 cm³/mol. The minimum absolute atomic E-state index is 0.324. The quantitative estimate of drug-likeness (QED) is 0.165. The van der Waals surface area contributed by atoms with E-state index in [4.69, 9.17) is 0 Å². The Kier molecular flexibility index (Phi) is 9.21. The summed E-state index contributed by atoms with van der Waals surface area (Å²) in [4.78, 5) is 2.34. The Bertz CT molecular complexity index is 3590. The first kappa shape index (κ1) is 38.5. The molecule has 1 aliphatic carbocycles. The summed E-state index contributed by atoms with van der Waals surface area (Å²) in [6.07, 6.45) is 0.845. The van der Waals surface area contributed by atoms with Crippen molar-refractivity contribution < 1.29 is 5.11 Å². The molecule has 0 aliphatic heterocycles. The maximum absolute atomic E-state index is 12.6. The van der Waals surface area contributed by atoms with Gasteiger partial charge < -0.3 is 10.0 Å². The maximum atomic E-state index is 12.6. The summed E-state index contributed by atoms with van der Waals surface area (Å²) in [6.45, 7) is 2.26. The van der Waals surface area contributed by atoms with Gasteiger partial charge in [-0.15, -0.1) is 0 Å². The first-order valence-corrected chi connectivity index (χ1v) is 22.6. The molecular weight excluding hydrogens is 787 g/mol. The lowest BCUT2D eigenvalue weighted by Gasteiger charge is -2.36. The van der Waals surface area contributed by atoms with Crippen LogP contribution in [0.1, 0.15) is 34.7 Å². The van der Waals surface area contributed by atoms with Crippen molar-refractivity contribution >= 4 is 49.4 Å². The molecule has 0 spiro atoms. The first-order chi connectivity index (χ1) is 32.1. The Morgan fingerprint density at radius 3 is 1.69 bits per heavy atom. The molecule has 0 aromatic heterocycles. The van der Waals surface area contributed by atoms with E-state index in [0.717, 1.165) is 45.4 Å². The standard InChI is InChI=1S/C63H45NO/c1-2-52-53-22-11-9-18-44(53)33-38-58(52)63(60-39-34-45-19-10-12-23-55(45)62(60)65)57-26-14-13-24-56(57)61-54(25-15-27-59(61)63)48-29-28-47-41-51(37-32-46(47)40-48)64(49-20-7-4-8-21-49)50-35-30-43(31-36-50)42-16-5-3-6-17-42/h3-41,65H,2H2,1H3. The van der Waals surface area contributed by atoms with Crippen LogP contribution in [0.5, 0.6) is 5.75 Å². The van der Waals surface area contributed by atoms with Gasteiger partial charge in [0.25, 0.3) is 0 Å². The summed E-state index contributed by atoms with van der Waals surface area (Å²) in [5.41, 5.74) is 15.4. The van der Waals surface area contributed by atoms with Crippen molar-refractivity contribution in [2.45, 2.75) is 18.8 Å². The third-order valence-corrected chi connectivity index (χ3v) is 13.8. The Morgan fingerprint density at radius 1 is 0.369 bits per heavy atom. The highest BCUT2D eigenvalue weighted by molar-refractivity contribution is 6.01. The molecule has 0 heterocycles. The average Bonchev–Trinajstić information content (AvgIpc) is 3.67. The Morgan fingerprint density at radius 2 is 0.908 bits per heavy atom. The van der Waals surface area contributed by atoms with Gasteiger partial charge in [0.15, 0.2) is 0 Å². The molecule has 0 saturated carbocycles. The fourth-order valence-electron chi connectivity index (χ4n) is 10.9. The SMILES string of the molecule is CCc1c(C2(c3ccc4ccccc4c3O)c3ccccc3-c3c(-c4ccc5cc(N(c6ccccc6)c6ccc(-c7ccccc7)cc6)ccc5c4)cccc32)ccc2ccccc12. The molecule has 11 aromatic rings. The van der Waals surface area contributed by atoms with E-state index < -0.39 is 5.41 Å². The van der Waals surface area contributed by atoms with Gasteiger partial charge in [0, 0.05) is 28.0 Å². The third kappa shape index (κ3) is 6.09. The lowest BCUT2D eigenvalue weighted by molar-refractivity contribution is 0.467. The molecule has 0 amide bonds. The molecule has 0 fully saturated rings. The first-order valence-electron chi connectivity index (χ1n) is 22.6. The molecule has 2 heteroatoms. The van der Waals surface area contributed by atoms with E-state index in [1.165, 1.54) is 71.6 Å². The van der Waals surface area contributed by atoms with Crippen molar-refractivity contribution in [3.8, 4) is 39.1 Å². The smallest absolute Gasteiger partial charge is 0.128 e. The molecule has 1 atom stereocenters. The number of anilines is 3. The zero-order valence-corrected chi connectivity index (χ0v) is 36.1. The van der Waals surface area contributed by atoms with Gasteiger partial charge in [0.05, 0.1) is 5.41 Å². The van der Waals surface area contributed by atoms with Gasteiger partial charge in [-0.25, -0.2) is 0 Å². The minimum atomic E-state index is -0.794. The van der Waals surface area contributed by atoms with Crippen LogP contribution in [0.3, 0.4) is 0 Å². The molecular formula is C63H45NO. The van der Waals surface area contributed by atoms with Gasteiger partial charge in [0.1, 0.15) is 5.75 Å². The Hall–Kier alpha value is -8.20. The van der Waals surface area contributed by atoms with Gasteiger partial charge in [-0.1, -0.05) is 201 Å². The van der Waals surface area contributed by atoms with Gasteiger partial charge >= 0.3 is 0 Å². The number of phenolic OH excluding ortho intramolecular Hbond substituents is 1. The monoisotopic (exact) mass is 831 g/mol. The maximum Gasteiger partial charge on any atom is 0.128 e. The fraction of sp³-hybridized carbons (Fsp3) is 0.0476. The summed E-state index contributed by atoms with van der Waals surface area (Å²) in [7, 11) is 0. The van der Waals surface area contributed by atoms with Crippen molar-refractivity contribution in [3.05, 3.63) is 264 Å². The molecule has 1 unspecified atom stereocenters. The molecule has 0 bridgehead atoms. The molecule has 65 heavy (non-hydrogen) atoms. The molecule has 0 saturated heterocycles. The summed E-state index contributed by atoms with van der Waals surface area (Å²) in [5.74, 6) is 0.324. The second-order valence-electron chi connectivity index (χ2n) is 17.2. The van der Waals surface area contributed by atoms with Crippen molar-refractivity contribution in [2.24, 2.45) is 0 Å². The fourth-order valence-corrected chi connectivity index (χ4v) is 10.9. The number of para-hydroxylation sites is 1. The summed E-state index contributed by atoms with van der Waals surface area (Å²) in [6, 6.07) is 85.3. The van der Waals surface area contributed by atoms with Crippen LogP contribution in [-0.4, -0.2) is 5.11 Å². The van der Waals surface area contributed by atoms with Gasteiger partial charge in [-0.2, -0.15) is 0 Å². The second-order valence-corrected chi connectivity index (χ2v) is 17.2. The van der Waals surface area contributed by atoms with Crippen LogP contribution in [0.25, 0.3) is 65.7 Å². The van der Waals surface area contributed by atoms with Crippen LogP contribution < -0.4 is 4.90 Å². The Balaban J connectivity index is 1.04. The van der Waals surface area contributed by atoms with E-state index in [2.05, 4.69) is 230 Å². The van der Waals surface area contributed by atoms with Crippen molar-refractivity contribution in [1.29, 1.82) is 0 Å². The number of aromatic hydroxyl groups is 1. The summed E-state index contributed by atoms with van der Waals surface area (Å²) < 4.78 is 0. The van der Waals surface area contributed by atoms with Crippen LogP contribution in [0, 0.1) is 0 Å². The van der Waals surface area contributed by atoms with Crippen LogP contribution in [-0.2, 0) is 11.8 Å². The average molecular weight is 832 g/mol. The van der Waals surface area contributed by atoms with Crippen molar-refractivity contribution in [1.82, 2.24) is 0 Å². The van der Waals surface area contributed by atoms with Crippen LogP contribution in [0.4, 0.5) is 17.1 Å². The van der Waals surface area contributed by atoms with Crippen molar-refractivity contribution in [3.63, 3.8) is 0 Å². The van der Waals surface area contributed by atoms with Crippen molar-refractivity contribution in [2.75, 3.05) is 4.90 Å². The van der Waals surface area contributed by atoms with E-state index >= 15 is 0 Å². The largest absolute Gasteiger partial charge is 0.507 e. The number of hydrogen-bond donors (Lipinski definition) is 1. The molecule has 11 aromatic carbocycles. The lowest BCUT2D eigenvalue weighted by atomic mass is 9.65. The topological polar surface area (TPSA) is 23.5 Å². The Labute approximate surface area is 380 Å². The van der Waals surface area contributed by atoms with Crippen LogP contribution in [0.15, 0.2) is 237 Å². The zero-order chi connectivity index (χ0) is 43.5. The normalized spacial score (nSPS) is 14.1. The second kappa shape index (κ2) is 15.6. The van der Waals surface area contributed by atoms with E-state index in [1.54, 1.807) is 0 Å². The number of rotatable bonds is 8. The summed E-state index contributed by atoms with van der Waals surface area (Å²) >= 11 is 0. The highest BCUT2D eigenvalue weighted by Gasteiger charge is 2.49. The van der Waals surface area contributed by atoms with Gasteiger partial charge in [0.2, 0.25) is 0 Å². The molecule has 1 aliphatic rings. The molecule has 0 radical (unpaired) electrons. The predicted octanol–water partition coefficient (Wildman–Crippen LogP) is 16.6. The lowest BCUT2D eigenvalue weighted by Crippen LogP contribution is -2.30. The van der Waals surface area contributed by atoms with Gasteiger partial charge in [-0.3, -0.25) is 0 Å². The van der Waals surface area contributed by atoms with Crippen LogP contribution in [0.2, 0.25) is 0 Å². The molecule has 2 nitrogen and oxygen atoms in total. The van der Waals surface area contributed by atoms with E-state index in [0.29, 0.717) is 5.75 Å². The third-order valence-electron chi connectivity index (χ3n) is 13.8. The number of hydrogen-bond acceptors (Lipinski definition) is 2. The van der Waals surface area contributed by atoms with Crippen LogP contribution >= 0.6 is 0 Å². The number of benzene rings is 11. The highest BCUT2D eigenvalue weighted by Crippen LogP contribution is 2.61. The van der Waals surface area contributed by atoms with Gasteiger partial charge in [-0.05, 0) is 131 Å². The minimum Gasteiger partial charge on any atom is -0.507 e. The number of fused-ring (bicyclic) bond motifs is 6. The van der Waals surface area contributed by atoms with E-state index in [1.807, 2.05) is 18.2 Å². The number of phenols is 1. The zero-order valence-electron chi connectivity index (χ0n) is 36.1. The van der Waals surface area contributed by atoms with E-state index in [-0.39, 0.29) is 0 Å². The highest BCUT2D eigenvalue weighted by atomic mass is 16.3. The molecule has 12 rings (SSSR count).